The molecule has 12 heteroatoms. The highest BCUT2D eigenvalue weighted by Crippen LogP contribution is 2.36. The van der Waals surface area contributed by atoms with E-state index in [0.29, 0.717) is 43.2 Å². The molecule has 1 aromatic heterocycles. The number of hydroxylamine groups is 1. The molecule has 3 aromatic rings. The number of nitrogens with one attached hydrogen (secondary N) is 2. The van der Waals surface area contributed by atoms with Crippen LogP contribution in [0.1, 0.15) is 21.5 Å². The monoisotopic (exact) mass is 544 g/mol. The molecule has 2 amide bonds. The van der Waals surface area contributed by atoms with Gasteiger partial charge in [-0.05, 0) is 48.0 Å². The van der Waals surface area contributed by atoms with E-state index in [4.69, 9.17) is 14.7 Å². The van der Waals surface area contributed by atoms with Crippen molar-refractivity contribution in [1.29, 1.82) is 0 Å². The van der Waals surface area contributed by atoms with Crippen LogP contribution in [-0.2, 0) is 22.3 Å². The van der Waals surface area contributed by atoms with Crippen molar-refractivity contribution in [2.45, 2.75) is 18.8 Å². The van der Waals surface area contributed by atoms with E-state index in [-0.39, 0.29) is 24.4 Å². The van der Waals surface area contributed by atoms with E-state index in [1.807, 2.05) is 4.90 Å². The molecule has 1 atom stereocenters. The van der Waals surface area contributed by atoms with Gasteiger partial charge in [0.05, 0.1) is 24.5 Å². The Hall–Kier alpha value is -4.00. The molecule has 206 valence electrons. The van der Waals surface area contributed by atoms with Gasteiger partial charge < -0.3 is 14.8 Å². The minimum absolute atomic E-state index is 0.00861. The van der Waals surface area contributed by atoms with Crippen molar-refractivity contribution in [3.05, 3.63) is 83.6 Å². The van der Waals surface area contributed by atoms with Crippen LogP contribution in [-0.4, -0.2) is 65.8 Å². The van der Waals surface area contributed by atoms with E-state index >= 15 is 0 Å². The molecule has 1 saturated heterocycles. The Kier molecular flexibility index (Phi) is 9.12. The molecule has 9 nitrogen and oxygen atoms in total. The molecule has 1 fully saturated rings. The number of hydrogen-bond donors (Lipinski definition) is 3. The van der Waals surface area contributed by atoms with Gasteiger partial charge in [0, 0.05) is 37.0 Å². The van der Waals surface area contributed by atoms with Crippen molar-refractivity contribution < 1.29 is 37.4 Å². The van der Waals surface area contributed by atoms with Gasteiger partial charge in [-0.2, -0.15) is 13.2 Å². The predicted octanol–water partition coefficient (Wildman–Crippen LogP) is 3.28. The molecular weight excluding hydrogens is 517 g/mol. The van der Waals surface area contributed by atoms with Crippen LogP contribution in [0.25, 0.3) is 11.3 Å². The second kappa shape index (κ2) is 12.7. The van der Waals surface area contributed by atoms with Crippen LogP contribution in [0.15, 0.2) is 66.9 Å². The number of carbonyl (C=O) groups excluding carboxylic acids is 2. The van der Waals surface area contributed by atoms with E-state index in [0.717, 1.165) is 6.07 Å². The molecule has 0 unspecified atom stereocenters. The third-order valence-corrected chi connectivity index (χ3v) is 6.21. The van der Waals surface area contributed by atoms with Crippen molar-refractivity contribution in [1.82, 2.24) is 20.7 Å². The quantitative estimate of drug-likeness (QED) is 0.280. The maximum atomic E-state index is 13.4. The molecule has 0 saturated carbocycles. The van der Waals surface area contributed by atoms with Crippen LogP contribution >= 0.6 is 0 Å². The predicted molar refractivity (Wildman–Crippen MR) is 134 cm³/mol. The average Bonchev–Trinajstić information content (AvgIpc) is 2.96. The fourth-order valence-electron chi connectivity index (χ4n) is 4.18. The van der Waals surface area contributed by atoms with Crippen molar-refractivity contribution >= 4 is 11.8 Å². The zero-order chi connectivity index (χ0) is 27.8. The summed E-state index contributed by atoms with van der Waals surface area (Å²) in [5, 5.41) is 11.8. The number of nitrogens with zero attached hydrogens (tertiary/aromatic N) is 2. The summed E-state index contributed by atoms with van der Waals surface area (Å²) in [7, 11) is 0. The highest BCUT2D eigenvalue weighted by Gasteiger charge is 2.33. The van der Waals surface area contributed by atoms with Crippen LogP contribution in [0.5, 0.6) is 5.75 Å². The van der Waals surface area contributed by atoms with Crippen LogP contribution in [0.2, 0.25) is 0 Å². The first-order valence-corrected chi connectivity index (χ1v) is 12.1. The number of benzene rings is 2. The Bertz CT molecular complexity index is 1280. The Morgan fingerprint density at radius 2 is 1.79 bits per heavy atom. The third-order valence-electron chi connectivity index (χ3n) is 6.21. The largest absolute Gasteiger partial charge is 0.489 e. The maximum Gasteiger partial charge on any atom is 0.417 e. The first-order valence-electron chi connectivity index (χ1n) is 12.1. The lowest BCUT2D eigenvalue weighted by Gasteiger charge is -2.33. The standard InChI is InChI=1S/C27H27F3N4O5/c28-27(29,30)22-4-2-1-3-21(22)23-15-18(9-10-31-23)17-39-20-7-5-19(6-8-20)25(35)32-16-24(26(36)33-37)34-11-13-38-14-12-34/h1-10,15,24,37H,11-14,16-17H2,(H,32,35)(H,33,36)/t24-/m0/s1. The summed E-state index contributed by atoms with van der Waals surface area (Å²) in [6, 6.07) is 14.0. The van der Waals surface area contributed by atoms with Crippen molar-refractivity contribution in [2.24, 2.45) is 0 Å². The Balaban J connectivity index is 1.35. The number of halogens is 3. The molecule has 1 aliphatic rings. The molecular formula is C27H27F3N4O5. The average molecular weight is 545 g/mol. The van der Waals surface area contributed by atoms with Gasteiger partial charge in [0.2, 0.25) is 0 Å². The molecule has 0 aliphatic carbocycles. The van der Waals surface area contributed by atoms with Gasteiger partial charge in [-0.15, -0.1) is 0 Å². The zero-order valence-corrected chi connectivity index (χ0v) is 20.8. The summed E-state index contributed by atoms with van der Waals surface area (Å²) >= 11 is 0. The van der Waals surface area contributed by atoms with Gasteiger partial charge in [-0.1, -0.05) is 18.2 Å². The summed E-state index contributed by atoms with van der Waals surface area (Å²) in [4.78, 5) is 30.6. The molecule has 0 bridgehead atoms. The highest BCUT2D eigenvalue weighted by atomic mass is 19.4. The first-order chi connectivity index (χ1) is 18.8. The Morgan fingerprint density at radius 1 is 1.08 bits per heavy atom. The number of hydrogen-bond acceptors (Lipinski definition) is 7. The van der Waals surface area contributed by atoms with Crippen LogP contribution < -0.4 is 15.5 Å². The van der Waals surface area contributed by atoms with Gasteiger partial charge in [0.25, 0.3) is 11.8 Å². The zero-order valence-electron chi connectivity index (χ0n) is 20.8. The highest BCUT2D eigenvalue weighted by molar-refractivity contribution is 5.94. The molecule has 2 aromatic carbocycles. The lowest BCUT2D eigenvalue weighted by molar-refractivity contribution is -0.137. The summed E-state index contributed by atoms with van der Waals surface area (Å²) in [6.07, 6.45) is -3.08. The van der Waals surface area contributed by atoms with Gasteiger partial charge >= 0.3 is 6.18 Å². The molecule has 2 heterocycles. The lowest BCUT2D eigenvalue weighted by Crippen LogP contribution is -2.55. The second-order valence-electron chi connectivity index (χ2n) is 8.76. The topological polar surface area (TPSA) is 113 Å². The van der Waals surface area contributed by atoms with Crippen LogP contribution in [0.3, 0.4) is 0 Å². The molecule has 0 spiro atoms. The number of amides is 2. The molecule has 0 radical (unpaired) electrons. The summed E-state index contributed by atoms with van der Waals surface area (Å²) < 4.78 is 51.2. The number of morpholine rings is 1. The normalized spacial score (nSPS) is 14.9. The second-order valence-corrected chi connectivity index (χ2v) is 8.76. The number of alkyl halides is 3. The van der Waals surface area contributed by atoms with Gasteiger partial charge in [-0.3, -0.25) is 24.7 Å². The van der Waals surface area contributed by atoms with E-state index in [9.17, 15) is 22.8 Å². The summed E-state index contributed by atoms with van der Waals surface area (Å²) in [5.41, 5.74) is 1.99. The van der Waals surface area contributed by atoms with Gasteiger partial charge in [0.1, 0.15) is 18.4 Å². The van der Waals surface area contributed by atoms with Gasteiger partial charge in [-0.25, -0.2) is 5.48 Å². The van der Waals surface area contributed by atoms with E-state index < -0.39 is 29.6 Å². The number of pyridine rings is 1. The fraction of sp³-hybridized carbons (Fsp3) is 0.296. The number of carbonyl (C=O) groups is 2. The fourth-order valence-corrected chi connectivity index (χ4v) is 4.18. The minimum Gasteiger partial charge on any atom is -0.489 e. The van der Waals surface area contributed by atoms with E-state index in [1.54, 1.807) is 41.9 Å². The van der Waals surface area contributed by atoms with Crippen molar-refractivity contribution in [3.63, 3.8) is 0 Å². The minimum atomic E-state index is -4.51. The maximum absolute atomic E-state index is 13.4. The summed E-state index contributed by atoms with van der Waals surface area (Å²) in [5.74, 6) is -0.582. The number of ether oxygens (including phenoxy) is 2. The Morgan fingerprint density at radius 3 is 2.49 bits per heavy atom. The van der Waals surface area contributed by atoms with Gasteiger partial charge in [0.15, 0.2) is 0 Å². The number of aromatic nitrogens is 1. The third kappa shape index (κ3) is 7.31. The molecule has 3 N–H and O–H groups in total. The Labute approximate surface area is 222 Å². The first kappa shape index (κ1) is 28.0. The van der Waals surface area contributed by atoms with Crippen LogP contribution in [0.4, 0.5) is 13.2 Å². The van der Waals surface area contributed by atoms with E-state index in [1.165, 1.54) is 24.4 Å². The molecule has 1 aliphatic heterocycles. The molecule has 39 heavy (non-hydrogen) atoms. The van der Waals surface area contributed by atoms with Crippen LogP contribution in [0, 0.1) is 0 Å². The SMILES string of the molecule is O=C(NC[C@@H](C(=O)NO)N1CCOCC1)c1ccc(OCc2ccnc(-c3ccccc3C(F)(F)F)c2)cc1. The smallest absolute Gasteiger partial charge is 0.417 e. The van der Waals surface area contributed by atoms with Crippen molar-refractivity contribution in [3.8, 4) is 17.0 Å². The van der Waals surface area contributed by atoms with E-state index in [2.05, 4.69) is 10.3 Å². The number of rotatable bonds is 9. The lowest BCUT2D eigenvalue weighted by atomic mass is 10.0. The summed E-state index contributed by atoms with van der Waals surface area (Å²) in [6.45, 7) is 1.96. The van der Waals surface area contributed by atoms with Crippen molar-refractivity contribution in [2.75, 3.05) is 32.8 Å². The molecule has 4 rings (SSSR count).